The lowest BCUT2D eigenvalue weighted by Crippen LogP contribution is -2.14. The lowest BCUT2D eigenvalue weighted by molar-refractivity contribution is 0.351. The van der Waals surface area contributed by atoms with Crippen molar-refractivity contribution in [2.45, 2.75) is 42.2 Å². The lowest BCUT2D eigenvalue weighted by atomic mass is 9.84. The van der Waals surface area contributed by atoms with Crippen LogP contribution in [0.5, 0.6) is 0 Å². The molecule has 1 unspecified atom stereocenters. The Bertz CT molecular complexity index is 500. The Morgan fingerprint density at radius 3 is 2.00 bits per heavy atom. The van der Waals surface area contributed by atoms with Gasteiger partial charge in [0.2, 0.25) is 0 Å². The van der Waals surface area contributed by atoms with Gasteiger partial charge in [-0.05, 0) is 36.5 Å². The highest BCUT2D eigenvalue weighted by Crippen LogP contribution is 2.46. The average molecular weight is 282 g/mol. The molecule has 104 valence electrons. The van der Waals surface area contributed by atoms with Crippen molar-refractivity contribution in [3.8, 4) is 0 Å². The van der Waals surface area contributed by atoms with E-state index in [0.717, 1.165) is 5.92 Å². The average Bonchev–Trinajstić information content (AvgIpc) is 2.55. The molecule has 0 aromatic heterocycles. The number of benzene rings is 2. The van der Waals surface area contributed by atoms with Crippen LogP contribution in [0, 0.1) is 5.92 Å². The SMILES string of the molecule is c1ccc(SC(c2ccccc2)C2CCCCC2)cc1. The topological polar surface area (TPSA) is 0 Å². The van der Waals surface area contributed by atoms with Crippen molar-refractivity contribution in [3.05, 3.63) is 66.2 Å². The van der Waals surface area contributed by atoms with Crippen molar-refractivity contribution in [1.82, 2.24) is 0 Å². The lowest BCUT2D eigenvalue weighted by Gasteiger charge is -2.30. The largest absolute Gasteiger partial charge is 0.118 e. The van der Waals surface area contributed by atoms with Crippen molar-refractivity contribution < 1.29 is 0 Å². The molecule has 0 radical (unpaired) electrons. The van der Waals surface area contributed by atoms with Crippen LogP contribution >= 0.6 is 11.8 Å². The van der Waals surface area contributed by atoms with E-state index in [4.69, 9.17) is 0 Å². The Morgan fingerprint density at radius 2 is 1.35 bits per heavy atom. The molecule has 2 aromatic carbocycles. The molecule has 0 saturated heterocycles. The van der Waals surface area contributed by atoms with Crippen molar-refractivity contribution in [2.24, 2.45) is 5.92 Å². The molecular weight excluding hydrogens is 260 g/mol. The fraction of sp³-hybridized carbons (Fsp3) is 0.368. The quantitative estimate of drug-likeness (QED) is 0.610. The third kappa shape index (κ3) is 3.46. The van der Waals surface area contributed by atoms with Gasteiger partial charge >= 0.3 is 0 Å². The maximum absolute atomic E-state index is 2.30. The van der Waals surface area contributed by atoms with E-state index in [-0.39, 0.29) is 0 Å². The molecule has 20 heavy (non-hydrogen) atoms. The summed E-state index contributed by atoms with van der Waals surface area (Å²) in [6.07, 6.45) is 7.01. The van der Waals surface area contributed by atoms with Gasteiger partial charge < -0.3 is 0 Å². The summed E-state index contributed by atoms with van der Waals surface area (Å²) in [5, 5.41) is 0.610. The van der Waals surface area contributed by atoms with Gasteiger partial charge in [0.25, 0.3) is 0 Å². The summed E-state index contributed by atoms with van der Waals surface area (Å²) in [4.78, 5) is 1.40. The first-order valence-corrected chi connectivity index (χ1v) is 8.58. The normalized spacial score (nSPS) is 17.8. The zero-order valence-corrected chi connectivity index (χ0v) is 12.7. The first-order chi connectivity index (χ1) is 9.93. The molecule has 3 rings (SSSR count). The highest BCUT2D eigenvalue weighted by Gasteiger charge is 2.25. The monoisotopic (exact) mass is 282 g/mol. The van der Waals surface area contributed by atoms with E-state index in [1.54, 1.807) is 0 Å². The van der Waals surface area contributed by atoms with Crippen molar-refractivity contribution in [2.75, 3.05) is 0 Å². The molecule has 1 fully saturated rings. The Balaban J connectivity index is 1.83. The summed E-state index contributed by atoms with van der Waals surface area (Å²) in [5.74, 6) is 0.830. The third-order valence-corrected chi connectivity index (χ3v) is 5.67. The minimum absolute atomic E-state index is 0.610. The summed E-state index contributed by atoms with van der Waals surface area (Å²) in [7, 11) is 0. The molecule has 0 heterocycles. The van der Waals surface area contributed by atoms with Crippen molar-refractivity contribution in [1.29, 1.82) is 0 Å². The predicted molar refractivity (Wildman–Crippen MR) is 88.1 cm³/mol. The molecule has 0 aliphatic heterocycles. The molecule has 1 heteroatoms. The molecule has 1 atom stereocenters. The smallest absolute Gasteiger partial charge is 0.0372 e. The van der Waals surface area contributed by atoms with Crippen LogP contribution in [0.15, 0.2) is 65.6 Å². The number of hydrogen-bond acceptors (Lipinski definition) is 1. The summed E-state index contributed by atoms with van der Waals surface area (Å²) in [6, 6.07) is 21.9. The fourth-order valence-electron chi connectivity index (χ4n) is 3.16. The molecular formula is C19H22S. The Hall–Kier alpha value is -1.21. The first-order valence-electron chi connectivity index (χ1n) is 7.70. The van der Waals surface area contributed by atoms with Gasteiger partial charge in [0.05, 0.1) is 0 Å². The minimum Gasteiger partial charge on any atom is -0.118 e. The van der Waals surface area contributed by atoms with E-state index in [2.05, 4.69) is 60.7 Å². The molecule has 0 nitrogen and oxygen atoms in total. The van der Waals surface area contributed by atoms with Gasteiger partial charge in [0.1, 0.15) is 0 Å². The van der Waals surface area contributed by atoms with Gasteiger partial charge in [-0.3, -0.25) is 0 Å². The second-order valence-corrected chi connectivity index (χ2v) is 6.88. The van der Waals surface area contributed by atoms with Crippen LogP contribution in [0.25, 0.3) is 0 Å². The minimum atomic E-state index is 0.610. The van der Waals surface area contributed by atoms with Gasteiger partial charge in [0.15, 0.2) is 0 Å². The van der Waals surface area contributed by atoms with Crippen molar-refractivity contribution >= 4 is 11.8 Å². The maximum Gasteiger partial charge on any atom is 0.0372 e. The molecule has 1 aliphatic rings. The highest BCUT2D eigenvalue weighted by molar-refractivity contribution is 7.99. The van der Waals surface area contributed by atoms with Crippen LogP contribution in [0.4, 0.5) is 0 Å². The summed E-state index contributed by atoms with van der Waals surface area (Å²) in [6.45, 7) is 0. The fourth-order valence-corrected chi connectivity index (χ4v) is 4.53. The third-order valence-electron chi connectivity index (χ3n) is 4.21. The predicted octanol–water partition coefficient (Wildman–Crippen LogP) is 6.10. The standard InChI is InChI=1S/C19H22S/c1-4-10-16(11-5-1)19(17-12-6-2-7-13-17)20-18-14-8-3-9-15-18/h1,3-5,8-11,14-15,17,19H,2,6-7,12-13H2. The van der Waals surface area contributed by atoms with Gasteiger partial charge in [-0.1, -0.05) is 67.8 Å². The molecule has 0 N–H and O–H groups in total. The summed E-state index contributed by atoms with van der Waals surface area (Å²) < 4.78 is 0. The van der Waals surface area contributed by atoms with Crippen molar-refractivity contribution in [3.63, 3.8) is 0 Å². The molecule has 2 aromatic rings. The zero-order valence-electron chi connectivity index (χ0n) is 11.9. The van der Waals surface area contributed by atoms with Crippen LogP contribution in [0.3, 0.4) is 0 Å². The summed E-state index contributed by atoms with van der Waals surface area (Å²) in [5.41, 5.74) is 1.49. The number of rotatable bonds is 4. The van der Waals surface area contributed by atoms with Crippen LogP contribution in [0.1, 0.15) is 42.9 Å². The Morgan fingerprint density at radius 1 is 0.750 bits per heavy atom. The summed E-state index contributed by atoms with van der Waals surface area (Å²) >= 11 is 2.05. The molecule has 0 amide bonds. The Kier molecular flexibility index (Phi) is 4.81. The van der Waals surface area contributed by atoms with Crippen LogP contribution in [-0.2, 0) is 0 Å². The van der Waals surface area contributed by atoms with Gasteiger partial charge in [-0.2, -0.15) is 0 Å². The Labute approximate surface area is 126 Å². The molecule has 1 aliphatic carbocycles. The first kappa shape index (κ1) is 13.8. The maximum atomic E-state index is 2.30. The highest BCUT2D eigenvalue weighted by atomic mass is 32.2. The van der Waals surface area contributed by atoms with Crippen LogP contribution in [0.2, 0.25) is 0 Å². The van der Waals surface area contributed by atoms with Crippen LogP contribution in [-0.4, -0.2) is 0 Å². The molecule has 0 bridgehead atoms. The van der Waals surface area contributed by atoms with E-state index in [1.165, 1.54) is 42.6 Å². The van der Waals surface area contributed by atoms with E-state index >= 15 is 0 Å². The molecule has 1 saturated carbocycles. The van der Waals surface area contributed by atoms with E-state index in [1.807, 2.05) is 11.8 Å². The number of thioether (sulfide) groups is 1. The van der Waals surface area contributed by atoms with Crippen LogP contribution < -0.4 is 0 Å². The zero-order chi connectivity index (χ0) is 13.6. The molecule has 0 spiro atoms. The van der Waals surface area contributed by atoms with E-state index < -0.39 is 0 Å². The van der Waals surface area contributed by atoms with E-state index in [0.29, 0.717) is 5.25 Å². The second kappa shape index (κ2) is 6.99. The van der Waals surface area contributed by atoms with E-state index in [9.17, 15) is 0 Å². The number of hydrogen-bond donors (Lipinski definition) is 0. The van der Waals surface area contributed by atoms with Gasteiger partial charge in [0, 0.05) is 10.1 Å². The second-order valence-electron chi connectivity index (χ2n) is 5.66. The van der Waals surface area contributed by atoms with Gasteiger partial charge in [-0.15, -0.1) is 11.8 Å². The van der Waals surface area contributed by atoms with Gasteiger partial charge in [-0.25, -0.2) is 0 Å².